The maximum absolute atomic E-state index is 9.97. The number of aromatic nitrogens is 3. The fraction of sp³-hybridized carbons (Fsp3) is 0.208. The molecular weight excluding hydrogens is 485 g/mol. The molecule has 3 heterocycles. The number of thiazole rings is 2. The van der Waals surface area contributed by atoms with Gasteiger partial charge in [-0.15, -0.1) is 22.7 Å². The van der Waals surface area contributed by atoms with E-state index in [0.29, 0.717) is 34.9 Å². The van der Waals surface area contributed by atoms with Gasteiger partial charge in [0.05, 0.1) is 22.0 Å². The van der Waals surface area contributed by atoms with Crippen LogP contribution in [0.4, 0.5) is 5.82 Å². The number of aryl methyl sites for hydroxylation is 2. The maximum Gasteiger partial charge on any atom is 0.143 e. The van der Waals surface area contributed by atoms with Crippen LogP contribution in [0.5, 0.6) is 0 Å². The minimum absolute atomic E-state index is 0.0718. The summed E-state index contributed by atoms with van der Waals surface area (Å²) >= 11 is 4.36. The van der Waals surface area contributed by atoms with Crippen molar-refractivity contribution in [2.45, 2.75) is 30.5 Å². The van der Waals surface area contributed by atoms with Crippen LogP contribution in [0, 0.1) is 29.6 Å². The molecule has 0 radical (unpaired) electrons. The van der Waals surface area contributed by atoms with E-state index in [0.717, 1.165) is 21.3 Å². The number of aliphatic hydroxyl groups excluding tert-OH is 1. The van der Waals surface area contributed by atoms with Crippen molar-refractivity contribution in [3.05, 3.63) is 62.4 Å². The predicted octanol–water partition coefficient (Wildman–Crippen LogP) is 5.18. The maximum atomic E-state index is 9.97. The van der Waals surface area contributed by atoms with Crippen molar-refractivity contribution in [3.8, 4) is 34.0 Å². The number of thioether (sulfide) groups is 1. The van der Waals surface area contributed by atoms with Crippen LogP contribution in [-0.2, 0) is 12.2 Å². The van der Waals surface area contributed by atoms with Crippen molar-refractivity contribution in [3.63, 3.8) is 0 Å². The summed E-state index contributed by atoms with van der Waals surface area (Å²) in [4.78, 5) is 13.7. The first-order chi connectivity index (χ1) is 16.5. The SMILES string of the molecule is Cc1ccc(-c2nc(CSc3nc(N)c(C#N)c(-c4csc(CCCO)n4)c3C#N)cs2)cc1. The molecular formula is C24H20N6OS3. The van der Waals surface area contributed by atoms with Crippen molar-refractivity contribution < 1.29 is 5.11 Å². The molecule has 3 aromatic heterocycles. The van der Waals surface area contributed by atoms with Gasteiger partial charge >= 0.3 is 0 Å². The number of nitriles is 2. The highest BCUT2D eigenvalue weighted by Crippen LogP contribution is 2.37. The average molecular weight is 505 g/mol. The smallest absolute Gasteiger partial charge is 0.143 e. The van der Waals surface area contributed by atoms with Gasteiger partial charge < -0.3 is 10.8 Å². The molecule has 170 valence electrons. The fourth-order valence-electron chi connectivity index (χ4n) is 3.27. The zero-order valence-corrected chi connectivity index (χ0v) is 20.7. The van der Waals surface area contributed by atoms with E-state index in [-0.39, 0.29) is 23.6 Å². The van der Waals surface area contributed by atoms with Crippen LogP contribution in [0.15, 0.2) is 40.1 Å². The Morgan fingerprint density at radius 1 is 1.03 bits per heavy atom. The lowest BCUT2D eigenvalue weighted by Crippen LogP contribution is -2.03. The van der Waals surface area contributed by atoms with Crippen LogP contribution in [0.3, 0.4) is 0 Å². The van der Waals surface area contributed by atoms with E-state index in [2.05, 4.69) is 46.4 Å². The molecule has 0 aliphatic carbocycles. The minimum Gasteiger partial charge on any atom is -0.396 e. The number of aliphatic hydroxyl groups is 1. The van der Waals surface area contributed by atoms with Gasteiger partial charge in [0.15, 0.2) is 0 Å². The van der Waals surface area contributed by atoms with Gasteiger partial charge in [-0.1, -0.05) is 41.6 Å². The predicted molar refractivity (Wildman–Crippen MR) is 136 cm³/mol. The Bertz CT molecular complexity index is 1400. The monoisotopic (exact) mass is 504 g/mol. The Kier molecular flexibility index (Phi) is 7.56. The van der Waals surface area contributed by atoms with Gasteiger partial charge in [-0.05, 0) is 13.3 Å². The van der Waals surface area contributed by atoms with Crippen LogP contribution >= 0.6 is 34.4 Å². The van der Waals surface area contributed by atoms with Crippen molar-refractivity contribution in [2.75, 3.05) is 12.3 Å². The number of anilines is 1. The molecule has 3 N–H and O–H groups in total. The Morgan fingerprint density at radius 3 is 2.50 bits per heavy atom. The first-order valence-electron chi connectivity index (χ1n) is 10.4. The molecule has 7 nitrogen and oxygen atoms in total. The quantitative estimate of drug-likeness (QED) is 0.314. The van der Waals surface area contributed by atoms with Crippen LogP contribution in [0.25, 0.3) is 21.8 Å². The van der Waals surface area contributed by atoms with Crippen molar-refractivity contribution in [1.82, 2.24) is 15.0 Å². The Morgan fingerprint density at radius 2 is 1.79 bits per heavy atom. The second-order valence-electron chi connectivity index (χ2n) is 7.40. The summed E-state index contributed by atoms with van der Waals surface area (Å²) in [6, 6.07) is 12.5. The summed E-state index contributed by atoms with van der Waals surface area (Å²) in [5.41, 5.74) is 10.6. The molecule has 0 amide bonds. The number of nitrogen functional groups attached to an aromatic ring is 1. The van der Waals surface area contributed by atoms with Gasteiger partial charge in [-0.3, -0.25) is 0 Å². The topological polar surface area (TPSA) is 132 Å². The van der Waals surface area contributed by atoms with Gasteiger partial charge in [-0.25, -0.2) is 15.0 Å². The van der Waals surface area contributed by atoms with Crippen LogP contribution in [0.2, 0.25) is 0 Å². The molecule has 0 aliphatic heterocycles. The second kappa shape index (κ2) is 10.8. The van der Waals surface area contributed by atoms with Gasteiger partial charge in [0.25, 0.3) is 0 Å². The summed E-state index contributed by atoms with van der Waals surface area (Å²) in [5, 5.41) is 34.8. The summed E-state index contributed by atoms with van der Waals surface area (Å²) in [5.74, 6) is 0.579. The highest BCUT2D eigenvalue weighted by atomic mass is 32.2. The lowest BCUT2D eigenvalue weighted by Gasteiger charge is -2.11. The van der Waals surface area contributed by atoms with Gasteiger partial charge in [0, 0.05) is 40.7 Å². The molecule has 0 unspecified atom stereocenters. The number of benzene rings is 1. The largest absolute Gasteiger partial charge is 0.396 e. The zero-order valence-electron chi connectivity index (χ0n) is 18.3. The van der Waals surface area contributed by atoms with Gasteiger partial charge in [0.2, 0.25) is 0 Å². The van der Waals surface area contributed by atoms with E-state index in [4.69, 9.17) is 15.8 Å². The number of hydrogen-bond acceptors (Lipinski definition) is 10. The number of hydrogen-bond donors (Lipinski definition) is 2. The Labute approximate surface area is 209 Å². The Hall–Kier alpha value is -3.28. The van der Waals surface area contributed by atoms with Crippen LogP contribution < -0.4 is 5.73 Å². The van der Waals surface area contributed by atoms with Crippen LogP contribution in [-0.4, -0.2) is 26.7 Å². The molecule has 0 bridgehead atoms. The number of pyridine rings is 1. The standard InChI is InChI=1S/C24H20N6OS3/c1-14-4-6-15(7-5-14)23-28-16(11-33-23)12-34-24-18(10-26)21(17(9-25)22(27)30-24)19-13-32-20(29-19)3-2-8-31/h4-7,11,13,31H,2-3,8,12H2,1H3,(H2,27,30). The van der Waals surface area contributed by atoms with Crippen molar-refractivity contribution in [2.24, 2.45) is 0 Å². The first-order valence-corrected chi connectivity index (χ1v) is 13.1. The first kappa shape index (κ1) is 23.9. The lowest BCUT2D eigenvalue weighted by atomic mass is 10.0. The van der Waals surface area contributed by atoms with Gasteiger partial charge in [-0.2, -0.15) is 10.5 Å². The summed E-state index contributed by atoms with van der Waals surface area (Å²) in [6.07, 6.45) is 1.22. The van der Waals surface area contributed by atoms with Gasteiger partial charge in [0.1, 0.15) is 33.6 Å². The van der Waals surface area contributed by atoms with E-state index >= 15 is 0 Å². The molecule has 0 saturated heterocycles. The minimum atomic E-state index is 0.0718. The number of rotatable bonds is 8. The van der Waals surface area contributed by atoms with Crippen molar-refractivity contribution in [1.29, 1.82) is 10.5 Å². The van der Waals surface area contributed by atoms with E-state index in [1.807, 2.05) is 17.7 Å². The summed E-state index contributed by atoms with van der Waals surface area (Å²) in [6.45, 7) is 2.12. The molecule has 0 spiro atoms. The van der Waals surface area contributed by atoms with E-state index in [1.165, 1.54) is 28.7 Å². The average Bonchev–Trinajstić information content (AvgIpc) is 3.51. The number of nitrogens with two attached hydrogens (primary N) is 1. The highest BCUT2D eigenvalue weighted by Gasteiger charge is 2.22. The van der Waals surface area contributed by atoms with Crippen LogP contribution in [0.1, 0.15) is 33.8 Å². The Balaban J connectivity index is 1.63. The number of nitrogens with zero attached hydrogens (tertiary/aromatic N) is 5. The third kappa shape index (κ3) is 5.11. The molecule has 4 rings (SSSR count). The molecule has 4 aromatic rings. The third-order valence-electron chi connectivity index (χ3n) is 4.98. The molecule has 10 heteroatoms. The molecule has 0 aliphatic rings. The molecule has 0 atom stereocenters. The van der Waals surface area contributed by atoms with E-state index < -0.39 is 0 Å². The summed E-state index contributed by atoms with van der Waals surface area (Å²) < 4.78 is 0. The summed E-state index contributed by atoms with van der Waals surface area (Å²) in [7, 11) is 0. The highest BCUT2D eigenvalue weighted by molar-refractivity contribution is 7.98. The van der Waals surface area contributed by atoms with Crippen molar-refractivity contribution >= 4 is 40.3 Å². The normalized spacial score (nSPS) is 10.7. The zero-order chi connectivity index (χ0) is 24.1. The third-order valence-corrected chi connectivity index (χ3v) is 7.84. The molecule has 34 heavy (non-hydrogen) atoms. The fourth-order valence-corrected chi connectivity index (χ4v) is 5.92. The molecule has 1 aromatic carbocycles. The van der Waals surface area contributed by atoms with E-state index in [1.54, 1.807) is 11.3 Å². The molecule has 0 fully saturated rings. The van der Waals surface area contributed by atoms with E-state index in [9.17, 15) is 10.5 Å². The lowest BCUT2D eigenvalue weighted by molar-refractivity contribution is 0.288. The molecule has 0 saturated carbocycles. The second-order valence-corrected chi connectivity index (χ2v) is 10.2.